The highest BCUT2D eigenvalue weighted by Gasteiger charge is 2.25. The molecule has 0 atom stereocenters. The highest BCUT2D eigenvalue weighted by molar-refractivity contribution is 5.97. The Labute approximate surface area is 484 Å². The van der Waals surface area contributed by atoms with Crippen LogP contribution in [0.2, 0.25) is 0 Å². The van der Waals surface area contributed by atoms with Crippen LogP contribution in [0.5, 0.6) is 11.5 Å². The van der Waals surface area contributed by atoms with E-state index in [4.69, 9.17) is 19.1 Å². The number of aromatic nitrogens is 4. The van der Waals surface area contributed by atoms with Gasteiger partial charge in [-0.1, -0.05) is 133 Å². The van der Waals surface area contributed by atoms with Crippen molar-refractivity contribution >= 4 is 23.6 Å². The predicted molar refractivity (Wildman–Crippen MR) is 315 cm³/mol. The Morgan fingerprint density at radius 3 is 1.10 bits per heavy atom. The van der Waals surface area contributed by atoms with E-state index in [1.54, 1.807) is 23.9 Å². The molecule has 8 aromatic rings. The van der Waals surface area contributed by atoms with Crippen molar-refractivity contribution < 1.29 is 38.3 Å². The van der Waals surface area contributed by atoms with Gasteiger partial charge in [0.05, 0.1) is 11.1 Å². The van der Waals surface area contributed by atoms with Crippen molar-refractivity contribution in [2.75, 3.05) is 39.3 Å². The zero-order valence-electron chi connectivity index (χ0n) is 46.8. The van der Waals surface area contributed by atoms with E-state index in [9.17, 15) is 38.4 Å². The van der Waals surface area contributed by atoms with Crippen LogP contribution < -0.4 is 52.0 Å². The first-order valence-corrected chi connectivity index (χ1v) is 27.5. The molecule has 2 N–H and O–H groups in total. The average molecular weight is 1140 g/mol. The number of carbonyl (C=O) groups excluding carboxylic acids is 4. The lowest BCUT2D eigenvalue weighted by atomic mass is 10.2. The van der Waals surface area contributed by atoms with E-state index >= 15 is 0 Å². The van der Waals surface area contributed by atoms with E-state index in [0.29, 0.717) is 12.8 Å². The first-order chi connectivity index (χ1) is 40.9. The van der Waals surface area contributed by atoms with Gasteiger partial charge >= 0.3 is 0 Å². The zero-order chi connectivity index (χ0) is 59.2. The molecule has 84 heavy (non-hydrogen) atoms. The summed E-state index contributed by atoms with van der Waals surface area (Å²) in [6.07, 6.45) is 4.11. The molecule has 4 amide bonds. The number of pyridine rings is 4. The van der Waals surface area contributed by atoms with Gasteiger partial charge in [0.1, 0.15) is 37.8 Å². The lowest BCUT2D eigenvalue weighted by molar-refractivity contribution is 0.0558. The fourth-order valence-electron chi connectivity index (χ4n) is 8.96. The number of carbonyl (C=O) groups is 4. The van der Waals surface area contributed by atoms with Crippen molar-refractivity contribution in [2.45, 2.75) is 52.1 Å². The van der Waals surface area contributed by atoms with Gasteiger partial charge in [-0.25, -0.2) is 0 Å². The molecule has 0 radical (unpaired) electrons. The van der Waals surface area contributed by atoms with Crippen LogP contribution in [-0.4, -0.2) is 91.3 Å². The number of unbranched alkanes of at least 4 members (excludes halogenated alkanes) is 1. The maximum absolute atomic E-state index is 14.7. The summed E-state index contributed by atoms with van der Waals surface area (Å²) in [5.74, 6) is -2.39. The summed E-state index contributed by atoms with van der Waals surface area (Å²) in [5, 5.41) is 5.73. The average Bonchev–Trinajstić information content (AvgIpc) is 3.66. The Morgan fingerprint density at radius 1 is 0.405 bits per heavy atom. The van der Waals surface area contributed by atoms with Crippen LogP contribution >= 0.6 is 0 Å². The summed E-state index contributed by atoms with van der Waals surface area (Å²) >= 11 is 0. The van der Waals surface area contributed by atoms with Crippen LogP contribution in [0.1, 0.15) is 89.6 Å². The monoisotopic (exact) mass is 1140 g/mol. The number of amides is 4. The zero-order valence-corrected chi connectivity index (χ0v) is 46.8. The van der Waals surface area contributed by atoms with Crippen molar-refractivity contribution in [1.82, 2.24) is 39.0 Å². The molecule has 20 heteroatoms. The number of ether oxygens (including phenoxy) is 2. The number of nitrogens with zero attached hydrogens (tertiary/aromatic N) is 6. The van der Waals surface area contributed by atoms with Crippen molar-refractivity contribution in [3.05, 3.63) is 268 Å². The number of rotatable bonds is 29. The second-order valence-electron chi connectivity index (χ2n) is 19.6. The van der Waals surface area contributed by atoms with E-state index in [1.807, 2.05) is 121 Å². The summed E-state index contributed by atoms with van der Waals surface area (Å²) in [6.45, 7) is 0.704. The van der Waals surface area contributed by atoms with Crippen LogP contribution in [0.25, 0.3) is 0 Å². The van der Waals surface area contributed by atoms with Gasteiger partial charge in [-0.15, -0.1) is 9.46 Å². The second-order valence-corrected chi connectivity index (χ2v) is 19.6. The molecule has 4 aromatic heterocycles. The molecule has 434 valence electrons. The van der Waals surface area contributed by atoms with Gasteiger partial charge in [0.2, 0.25) is 0 Å². The van der Waals surface area contributed by atoms with Crippen LogP contribution in [0.15, 0.2) is 201 Å². The van der Waals surface area contributed by atoms with Gasteiger partial charge in [0, 0.05) is 77.9 Å². The molecule has 0 aliphatic heterocycles. The molecule has 0 aliphatic rings. The molecule has 4 heterocycles. The second kappa shape index (κ2) is 30.0. The molecule has 0 fully saturated rings. The Morgan fingerprint density at radius 2 is 0.738 bits per heavy atom. The molecular formula is C64H66N8O12. The van der Waals surface area contributed by atoms with Crippen molar-refractivity contribution in [1.29, 1.82) is 0 Å². The number of hydrogen-bond acceptors (Lipinski definition) is 12. The van der Waals surface area contributed by atoms with Gasteiger partial charge in [0.15, 0.2) is 11.5 Å². The first kappa shape index (κ1) is 59.9. The van der Waals surface area contributed by atoms with Crippen molar-refractivity contribution in [2.24, 2.45) is 14.1 Å². The minimum Gasteiger partial charge on any atom is -0.482 e. The lowest BCUT2D eigenvalue weighted by Gasteiger charge is -2.26. The maximum Gasteiger partial charge on any atom is 0.293 e. The lowest BCUT2D eigenvalue weighted by Crippen LogP contribution is -2.41. The van der Waals surface area contributed by atoms with Crippen LogP contribution in [-0.2, 0) is 40.5 Å². The van der Waals surface area contributed by atoms with Crippen molar-refractivity contribution in [3.8, 4) is 11.5 Å². The molecule has 0 bridgehead atoms. The third-order valence-corrected chi connectivity index (χ3v) is 13.5. The molecule has 0 spiro atoms. The van der Waals surface area contributed by atoms with Crippen LogP contribution in [0.4, 0.5) is 0 Å². The normalized spacial score (nSPS) is 10.8. The van der Waals surface area contributed by atoms with Gasteiger partial charge in [-0.2, -0.15) is 0 Å². The highest BCUT2D eigenvalue weighted by Crippen LogP contribution is 2.18. The molecule has 0 aliphatic carbocycles. The highest BCUT2D eigenvalue weighted by atomic mass is 16.7. The largest absolute Gasteiger partial charge is 0.482 e. The molecular weight excluding hydrogens is 1070 g/mol. The van der Waals surface area contributed by atoms with Gasteiger partial charge < -0.3 is 48.7 Å². The minimum absolute atomic E-state index is 0.00675. The first-order valence-electron chi connectivity index (χ1n) is 27.5. The molecule has 0 saturated carbocycles. The SMILES string of the molecule is Cn1ccc(C(=O)NCCCN(CCCCN(CCCNC(=O)c2ccn(C)c(=O)c2OCc2ccccc2)C(=O)c2cccc(=O)n2OCc2ccccc2)C(=O)c2cccc(=O)n2OCc2ccccc2)c(OCc2ccccc2)c1=O. The van der Waals surface area contributed by atoms with Crippen LogP contribution in [0.3, 0.4) is 0 Å². The standard InChI is InChI=1S/C64H66N8O12/c1-67-41-33-51(57(63(67)79)81-43-47-21-7-3-8-22-47)59(75)65-35-19-39-69(61(77)53-29-17-31-55(73)71(53)83-45-49-25-11-5-12-26-49)37-15-16-38-70(62(78)54-30-18-32-56(74)72(54)84-46-50-27-13-6-14-28-50)40-20-36-66-60(76)52-34-42-68(2)64(80)58(52)82-44-48-23-9-4-10-24-48/h3-14,17-18,21-34,41-42H,15-16,19-20,35-40,43-46H2,1-2H3,(H,65,75)(H,66,76). The van der Waals surface area contributed by atoms with Crippen LogP contribution in [0, 0.1) is 0 Å². The van der Waals surface area contributed by atoms with Gasteiger partial charge in [-0.3, -0.25) is 38.4 Å². The predicted octanol–water partition coefficient (Wildman–Crippen LogP) is 5.83. The summed E-state index contributed by atoms with van der Waals surface area (Å²) in [4.78, 5) is 125. The van der Waals surface area contributed by atoms with E-state index in [-0.39, 0.29) is 113 Å². The van der Waals surface area contributed by atoms with E-state index in [0.717, 1.165) is 31.7 Å². The summed E-state index contributed by atoms with van der Waals surface area (Å²) in [5.41, 5.74) is 1.05. The van der Waals surface area contributed by atoms with E-state index < -0.39 is 45.9 Å². The van der Waals surface area contributed by atoms with Gasteiger partial charge in [-0.05, 0) is 72.2 Å². The molecule has 0 saturated heterocycles. The summed E-state index contributed by atoms with van der Waals surface area (Å²) in [7, 11) is 3.12. The number of aryl methyl sites for hydroxylation is 2. The number of nitrogens with one attached hydrogen (secondary N) is 2. The maximum atomic E-state index is 14.7. The summed E-state index contributed by atoms with van der Waals surface area (Å²) in [6, 6.07) is 48.3. The third kappa shape index (κ3) is 16.2. The Hall–Kier alpha value is -10.2. The topological polar surface area (TPSA) is 224 Å². The smallest absolute Gasteiger partial charge is 0.293 e. The number of hydrogen-bond donors (Lipinski definition) is 2. The molecule has 0 unspecified atom stereocenters. The third-order valence-electron chi connectivity index (χ3n) is 13.5. The minimum atomic E-state index is -0.564. The fourth-order valence-corrected chi connectivity index (χ4v) is 8.96. The summed E-state index contributed by atoms with van der Waals surface area (Å²) < 4.78 is 16.4. The quantitative estimate of drug-likeness (QED) is 0.0529. The Bertz CT molecular complexity index is 3510. The van der Waals surface area contributed by atoms with Crippen molar-refractivity contribution in [3.63, 3.8) is 0 Å². The molecule has 8 rings (SSSR count). The fraction of sp³-hybridized carbons (Fsp3) is 0.250. The van der Waals surface area contributed by atoms with Gasteiger partial charge in [0.25, 0.3) is 45.9 Å². The Balaban J connectivity index is 0.983. The molecule has 4 aromatic carbocycles. The van der Waals surface area contributed by atoms with E-state index in [1.165, 1.54) is 70.1 Å². The van der Waals surface area contributed by atoms with E-state index in [2.05, 4.69) is 10.6 Å². The molecule has 20 nitrogen and oxygen atoms in total. The number of benzene rings is 4. The Kier molecular flexibility index (Phi) is 21.4.